The van der Waals surface area contributed by atoms with E-state index in [4.69, 9.17) is 0 Å². The van der Waals surface area contributed by atoms with Crippen molar-refractivity contribution in [3.63, 3.8) is 0 Å². The third kappa shape index (κ3) is 3.01. The first-order valence-electron chi connectivity index (χ1n) is 5.77. The van der Waals surface area contributed by atoms with Gasteiger partial charge in [-0.15, -0.1) is 0 Å². The van der Waals surface area contributed by atoms with Crippen LogP contribution in [-0.2, 0) is 6.54 Å². The highest BCUT2D eigenvalue weighted by molar-refractivity contribution is 8.14. The summed E-state index contributed by atoms with van der Waals surface area (Å²) in [6.45, 7) is 5.11. The number of aryl methyl sites for hydroxylation is 1. The lowest BCUT2D eigenvalue weighted by atomic mass is 10.1. The summed E-state index contributed by atoms with van der Waals surface area (Å²) >= 11 is 1.84. The van der Waals surface area contributed by atoms with Gasteiger partial charge in [-0.1, -0.05) is 48.5 Å². The Labute approximate surface area is 102 Å². The number of nitrogens with zero attached hydrogens (tertiary/aromatic N) is 1. The van der Waals surface area contributed by atoms with Crippen LogP contribution >= 0.6 is 11.8 Å². The normalized spacial score (nSPS) is 22.4. The minimum atomic E-state index is 0.612. The lowest BCUT2D eigenvalue weighted by molar-refractivity contribution is 0.667. The van der Waals surface area contributed by atoms with Crippen molar-refractivity contribution in [2.75, 3.05) is 5.75 Å². The van der Waals surface area contributed by atoms with Gasteiger partial charge >= 0.3 is 0 Å². The minimum Gasteiger partial charge on any atom is -0.361 e. The molecule has 1 aromatic rings. The molecule has 86 valence electrons. The van der Waals surface area contributed by atoms with Crippen molar-refractivity contribution in [1.29, 1.82) is 0 Å². The van der Waals surface area contributed by atoms with Crippen molar-refractivity contribution in [3.05, 3.63) is 35.4 Å². The zero-order chi connectivity index (χ0) is 11.4. The molecule has 0 bridgehead atoms. The van der Waals surface area contributed by atoms with Crippen LogP contribution in [0.15, 0.2) is 29.3 Å². The molecular formula is C13H18N2S. The van der Waals surface area contributed by atoms with E-state index in [0.717, 1.165) is 17.5 Å². The van der Waals surface area contributed by atoms with Crippen LogP contribution in [0.3, 0.4) is 0 Å². The number of amidine groups is 1. The molecule has 1 saturated heterocycles. The van der Waals surface area contributed by atoms with Gasteiger partial charge in [0.25, 0.3) is 0 Å². The summed E-state index contributed by atoms with van der Waals surface area (Å²) in [5.41, 5.74) is 2.59. The average molecular weight is 234 g/mol. The van der Waals surface area contributed by atoms with Crippen LogP contribution in [0.5, 0.6) is 0 Å². The number of benzene rings is 1. The predicted molar refractivity (Wildman–Crippen MR) is 72.0 cm³/mol. The largest absolute Gasteiger partial charge is 0.361 e. The molecule has 1 aromatic carbocycles. The summed E-state index contributed by atoms with van der Waals surface area (Å²) in [7, 11) is 0. The summed E-state index contributed by atoms with van der Waals surface area (Å²) in [5.74, 6) is 1.16. The first-order chi connectivity index (χ1) is 7.78. The molecule has 1 aliphatic heterocycles. The van der Waals surface area contributed by atoms with Crippen molar-refractivity contribution >= 4 is 16.9 Å². The molecule has 1 heterocycles. The third-order valence-electron chi connectivity index (χ3n) is 2.73. The van der Waals surface area contributed by atoms with Gasteiger partial charge in [0, 0.05) is 11.8 Å². The number of hydrogen-bond acceptors (Lipinski definition) is 2. The number of aliphatic imine (C=N–C) groups is 1. The van der Waals surface area contributed by atoms with Crippen molar-refractivity contribution in [3.8, 4) is 0 Å². The number of hydrogen-bond donors (Lipinski definition) is 1. The Morgan fingerprint density at radius 2 is 2.38 bits per heavy atom. The second kappa shape index (κ2) is 5.39. The molecule has 16 heavy (non-hydrogen) atoms. The molecular weight excluding hydrogens is 216 g/mol. The molecule has 1 fully saturated rings. The molecule has 0 radical (unpaired) electrons. The van der Waals surface area contributed by atoms with E-state index in [1.807, 2.05) is 11.8 Å². The smallest absolute Gasteiger partial charge is 0.157 e. The van der Waals surface area contributed by atoms with Crippen LogP contribution in [0.25, 0.3) is 0 Å². The fourth-order valence-electron chi connectivity index (χ4n) is 1.72. The van der Waals surface area contributed by atoms with Gasteiger partial charge in [0.15, 0.2) is 5.17 Å². The van der Waals surface area contributed by atoms with Crippen molar-refractivity contribution in [2.24, 2.45) is 4.99 Å². The summed E-state index contributed by atoms with van der Waals surface area (Å²) in [6, 6.07) is 9.15. The van der Waals surface area contributed by atoms with Crippen LogP contribution in [-0.4, -0.2) is 17.0 Å². The molecule has 3 heteroatoms. The van der Waals surface area contributed by atoms with E-state index in [1.165, 1.54) is 17.5 Å². The summed E-state index contributed by atoms with van der Waals surface area (Å²) < 4.78 is 0. The van der Waals surface area contributed by atoms with Crippen LogP contribution in [0.1, 0.15) is 24.5 Å². The van der Waals surface area contributed by atoms with E-state index >= 15 is 0 Å². The monoisotopic (exact) mass is 234 g/mol. The van der Waals surface area contributed by atoms with Gasteiger partial charge in [-0.25, -0.2) is 0 Å². The molecule has 2 nitrogen and oxygen atoms in total. The van der Waals surface area contributed by atoms with Gasteiger partial charge in [-0.3, -0.25) is 4.99 Å². The quantitative estimate of drug-likeness (QED) is 0.869. The van der Waals surface area contributed by atoms with Crippen LogP contribution < -0.4 is 5.32 Å². The zero-order valence-corrected chi connectivity index (χ0v) is 10.7. The standard InChI is InChI=1S/C13H18N2S/c1-3-12-9-16-13(15-12)14-8-11-6-4-5-10(2)7-11/h4-7,12H,3,8-9H2,1-2H3,(H,14,15). The van der Waals surface area contributed by atoms with Crippen LogP contribution in [0.2, 0.25) is 0 Å². The molecule has 0 spiro atoms. The van der Waals surface area contributed by atoms with E-state index in [1.54, 1.807) is 0 Å². The maximum atomic E-state index is 4.60. The van der Waals surface area contributed by atoms with Crippen LogP contribution in [0, 0.1) is 6.92 Å². The second-order valence-corrected chi connectivity index (χ2v) is 5.18. The van der Waals surface area contributed by atoms with Crippen molar-refractivity contribution < 1.29 is 0 Å². The van der Waals surface area contributed by atoms with Crippen molar-refractivity contribution in [2.45, 2.75) is 32.9 Å². The summed E-state index contributed by atoms with van der Waals surface area (Å²) in [5, 5.41) is 4.54. The molecule has 1 unspecified atom stereocenters. The minimum absolute atomic E-state index is 0.612. The van der Waals surface area contributed by atoms with E-state index in [0.29, 0.717) is 6.04 Å². The van der Waals surface area contributed by atoms with Crippen molar-refractivity contribution in [1.82, 2.24) is 5.32 Å². The summed E-state index contributed by atoms with van der Waals surface area (Å²) in [4.78, 5) is 4.60. The predicted octanol–water partition coefficient (Wildman–Crippen LogP) is 2.97. The van der Waals surface area contributed by atoms with Gasteiger partial charge in [0.05, 0.1) is 6.54 Å². The molecule has 1 N–H and O–H groups in total. The third-order valence-corrected chi connectivity index (χ3v) is 3.82. The molecule has 2 rings (SSSR count). The molecule has 1 atom stereocenters. The van der Waals surface area contributed by atoms with Gasteiger partial charge < -0.3 is 5.32 Å². The van der Waals surface area contributed by atoms with E-state index in [-0.39, 0.29) is 0 Å². The van der Waals surface area contributed by atoms with E-state index in [9.17, 15) is 0 Å². The zero-order valence-electron chi connectivity index (χ0n) is 9.86. The average Bonchev–Trinajstić information content (AvgIpc) is 2.74. The first-order valence-corrected chi connectivity index (χ1v) is 6.76. The highest BCUT2D eigenvalue weighted by Gasteiger charge is 2.17. The fraction of sp³-hybridized carbons (Fsp3) is 0.462. The highest BCUT2D eigenvalue weighted by Crippen LogP contribution is 2.16. The molecule has 1 aliphatic rings. The Bertz CT molecular complexity index is 387. The number of nitrogens with one attached hydrogen (secondary N) is 1. The van der Waals surface area contributed by atoms with E-state index in [2.05, 4.69) is 48.4 Å². The van der Waals surface area contributed by atoms with E-state index < -0.39 is 0 Å². The van der Waals surface area contributed by atoms with Gasteiger partial charge in [0.1, 0.15) is 0 Å². The number of thioether (sulfide) groups is 1. The fourth-order valence-corrected chi connectivity index (χ4v) is 2.81. The molecule has 0 aliphatic carbocycles. The topological polar surface area (TPSA) is 24.4 Å². The Hall–Kier alpha value is -0.960. The summed E-state index contributed by atoms with van der Waals surface area (Å²) in [6.07, 6.45) is 1.18. The second-order valence-electron chi connectivity index (χ2n) is 4.17. The first kappa shape index (κ1) is 11.5. The Balaban J connectivity index is 1.94. The number of rotatable bonds is 3. The Kier molecular flexibility index (Phi) is 3.88. The SMILES string of the molecule is CCC1CSC(=NCc2cccc(C)c2)N1. The Morgan fingerprint density at radius 1 is 1.50 bits per heavy atom. The van der Waals surface area contributed by atoms with Crippen LogP contribution in [0.4, 0.5) is 0 Å². The van der Waals surface area contributed by atoms with Gasteiger partial charge in [-0.2, -0.15) is 0 Å². The molecule has 0 aromatic heterocycles. The maximum Gasteiger partial charge on any atom is 0.157 e. The van der Waals surface area contributed by atoms with Gasteiger partial charge in [-0.05, 0) is 18.9 Å². The molecule has 0 saturated carbocycles. The lowest BCUT2D eigenvalue weighted by Crippen LogP contribution is -2.25. The lowest BCUT2D eigenvalue weighted by Gasteiger charge is -2.05. The highest BCUT2D eigenvalue weighted by atomic mass is 32.2. The Morgan fingerprint density at radius 3 is 3.06 bits per heavy atom. The maximum absolute atomic E-state index is 4.60. The van der Waals surface area contributed by atoms with Gasteiger partial charge in [0.2, 0.25) is 0 Å². The molecule has 0 amide bonds.